The van der Waals surface area contributed by atoms with Crippen LogP contribution in [0, 0.1) is 0 Å². The summed E-state index contributed by atoms with van der Waals surface area (Å²) in [6.45, 7) is 6.89. The van der Waals surface area contributed by atoms with Gasteiger partial charge in [0.2, 0.25) is 5.91 Å². The molecule has 10 heteroatoms. The lowest BCUT2D eigenvalue weighted by Gasteiger charge is -2.27. The van der Waals surface area contributed by atoms with E-state index >= 15 is 0 Å². The number of carbonyl (C=O) groups excluding carboxylic acids is 2. The Morgan fingerprint density at radius 3 is 1.17 bits per heavy atom. The molecule has 0 spiro atoms. The zero-order valence-electron chi connectivity index (χ0n) is 55.6. The van der Waals surface area contributed by atoms with Gasteiger partial charge in [-0.05, 0) is 109 Å². The Hall–Kier alpha value is -3.07. The van der Waals surface area contributed by atoms with Crippen LogP contribution in [0.1, 0.15) is 310 Å². The molecule has 84 heavy (non-hydrogen) atoms. The normalized spacial score (nSPS) is 14.1. The Kier molecular flexibility index (Phi) is 60.7. The lowest BCUT2D eigenvalue weighted by atomic mass is 10.0. The second kappa shape index (κ2) is 63.0. The highest BCUT2D eigenvalue weighted by atomic mass is 31.2. The lowest BCUT2D eigenvalue weighted by molar-refractivity contribution is -0.870. The van der Waals surface area contributed by atoms with Crippen LogP contribution in [-0.2, 0) is 27.9 Å². The van der Waals surface area contributed by atoms with Crippen molar-refractivity contribution in [2.75, 3.05) is 40.9 Å². The number of nitrogens with zero attached hydrogens (tertiary/aromatic N) is 1. The van der Waals surface area contributed by atoms with Gasteiger partial charge in [-0.3, -0.25) is 18.6 Å². The molecule has 0 rings (SSSR count). The molecule has 1 amide bonds. The van der Waals surface area contributed by atoms with Gasteiger partial charge in [0.1, 0.15) is 19.3 Å². The van der Waals surface area contributed by atoms with E-state index in [1.54, 1.807) is 0 Å². The molecule has 0 heterocycles. The van der Waals surface area contributed by atoms with Crippen LogP contribution in [0.2, 0.25) is 0 Å². The van der Waals surface area contributed by atoms with Crippen LogP contribution >= 0.6 is 7.82 Å². The molecule has 0 aromatic heterocycles. The van der Waals surface area contributed by atoms with Crippen molar-refractivity contribution in [2.45, 2.75) is 322 Å². The van der Waals surface area contributed by atoms with E-state index in [4.69, 9.17) is 13.8 Å². The van der Waals surface area contributed by atoms with Crippen LogP contribution in [0.25, 0.3) is 0 Å². The lowest BCUT2D eigenvalue weighted by Crippen LogP contribution is -2.47. The number of quaternary nitrogens is 1. The maximum absolute atomic E-state index is 13.6. The fraction of sp³-hybridized carbons (Fsp3) is 0.757. The molecule has 3 atom stereocenters. The molecular formula is C74H134N2O7P+. The molecule has 0 aliphatic heterocycles. The number of phosphoric ester groups is 1. The van der Waals surface area contributed by atoms with E-state index in [0.29, 0.717) is 17.4 Å². The SMILES string of the molecule is CC/C=C\C/C=C\C/C=C\C/C=C\C/C=C\CCCCCCCCCC(=O)OC(/C=C/CCCCCCCCCCCC)C(COP(=O)(O)OCC[N+](C)(C)C)NC(=O)CCCCCCCCCCCCCCC/C=C\C/C=C\CCCCC. The molecule has 0 aliphatic rings. The molecular weight excluding hydrogens is 1060 g/mol. The summed E-state index contributed by atoms with van der Waals surface area (Å²) in [7, 11) is 1.48. The van der Waals surface area contributed by atoms with Crippen molar-refractivity contribution in [3.8, 4) is 0 Å². The number of carbonyl (C=O) groups is 2. The summed E-state index contributed by atoms with van der Waals surface area (Å²) < 4.78 is 30.8. The highest BCUT2D eigenvalue weighted by Crippen LogP contribution is 2.43. The molecule has 0 saturated carbocycles. The average Bonchev–Trinajstić information content (AvgIpc) is 3.65. The van der Waals surface area contributed by atoms with Crippen LogP contribution < -0.4 is 5.32 Å². The van der Waals surface area contributed by atoms with Crippen LogP contribution in [0.5, 0.6) is 0 Å². The highest BCUT2D eigenvalue weighted by Gasteiger charge is 2.30. The fourth-order valence-corrected chi connectivity index (χ4v) is 10.6. The molecule has 0 aliphatic carbocycles. The number of phosphoric acid groups is 1. The van der Waals surface area contributed by atoms with Gasteiger partial charge in [-0.15, -0.1) is 0 Å². The zero-order valence-corrected chi connectivity index (χ0v) is 56.5. The Morgan fingerprint density at radius 1 is 0.429 bits per heavy atom. The summed E-state index contributed by atoms with van der Waals surface area (Å²) in [6, 6.07) is -0.859. The second-order valence-corrected chi connectivity index (χ2v) is 26.1. The quantitative estimate of drug-likeness (QED) is 0.0205. The largest absolute Gasteiger partial charge is 0.472 e. The number of likely N-dealkylation sites (N-methyl/N-ethyl adjacent to an activating group) is 1. The maximum Gasteiger partial charge on any atom is 0.472 e. The molecule has 0 aromatic rings. The summed E-state index contributed by atoms with van der Waals surface area (Å²) in [5.41, 5.74) is 0. The van der Waals surface area contributed by atoms with Gasteiger partial charge in [-0.25, -0.2) is 4.57 Å². The third-order valence-corrected chi connectivity index (χ3v) is 16.2. The van der Waals surface area contributed by atoms with Gasteiger partial charge in [0.05, 0.1) is 33.8 Å². The molecule has 0 radical (unpaired) electrons. The van der Waals surface area contributed by atoms with E-state index in [0.717, 1.165) is 109 Å². The zero-order chi connectivity index (χ0) is 61.4. The molecule has 0 bridgehead atoms. The van der Waals surface area contributed by atoms with Gasteiger partial charge < -0.3 is 19.4 Å². The number of rotatable bonds is 63. The van der Waals surface area contributed by atoms with Crippen molar-refractivity contribution < 1.29 is 37.3 Å². The average molecular weight is 1190 g/mol. The summed E-state index contributed by atoms with van der Waals surface area (Å²) in [5, 5.41) is 3.07. The number of hydrogen-bond donors (Lipinski definition) is 2. The van der Waals surface area contributed by atoms with Crippen molar-refractivity contribution >= 4 is 19.7 Å². The minimum absolute atomic E-state index is 0.0348. The smallest absolute Gasteiger partial charge is 0.456 e. The van der Waals surface area contributed by atoms with Crippen LogP contribution in [0.15, 0.2) is 97.2 Å². The van der Waals surface area contributed by atoms with E-state index < -0.39 is 20.0 Å². The number of unbranched alkanes of at least 4 members (excludes halogenated alkanes) is 33. The predicted molar refractivity (Wildman–Crippen MR) is 364 cm³/mol. The van der Waals surface area contributed by atoms with E-state index in [2.05, 4.69) is 111 Å². The van der Waals surface area contributed by atoms with E-state index in [-0.39, 0.29) is 31.5 Å². The van der Waals surface area contributed by atoms with Crippen molar-refractivity contribution in [3.63, 3.8) is 0 Å². The van der Waals surface area contributed by atoms with Gasteiger partial charge in [0.25, 0.3) is 0 Å². The number of ether oxygens (including phenoxy) is 1. The standard InChI is InChI=1S/C74H133N2O7P/c1-7-10-13-16-19-22-25-28-30-32-34-36-38-40-42-44-46-48-51-54-57-60-63-66-73(77)75-71(70-82-84(79,80)81-69-68-76(4,5)6)72(65-62-59-56-53-50-27-24-21-18-15-12-9-3)83-74(78)67-64-61-58-55-52-49-47-45-43-41-39-37-35-33-31-29-26-23-20-17-14-11-8-2/h11,14,19-20,22-23,28-31,35,37,41,43,62,65,71-72H,7-10,12-13,15-18,21,24-27,32-34,36,38-40,42,44-61,63-64,66-70H2,1-6H3,(H-,75,77,79,80)/p+1/b14-11-,22-19-,23-20-,30-28-,31-29-,37-35-,43-41-,65-62+. The summed E-state index contributed by atoms with van der Waals surface area (Å²) >= 11 is 0. The Bertz CT molecular complexity index is 1760. The number of amides is 1. The molecule has 2 N–H and O–H groups in total. The first-order valence-corrected chi connectivity index (χ1v) is 36.6. The van der Waals surface area contributed by atoms with Gasteiger partial charge in [-0.2, -0.15) is 0 Å². The van der Waals surface area contributed by atoms with Crippen LogP contribution in [-0.4, -0.2) is 74.3 Å². The molecule has 486 valence electrons. The van der Waals surface area contributed by atoms with Crippen molar-refractivity contribution in [1.82, 2.24) is 5.32 Å². The molecule has 0 saturated heterocycles. The number of hydrogen-bond acceptors (Lipinski definition) is 6. The highest BCUT2D eigenvalue weighted by molar-refractivity contribution is 7.47. The second-order valence-electron chi connectivity index (χ2n) is 24.7. The molecule has 0 aromatic carbocycles. The number of esters is 1. The van der Waals surface area contributed by atoms with Gasteiger partial charge >= 0.3 is 13.8 Å². The first kappa shape index (κ1) is 80.9. The van der Waals surface area contributed by atoms with Crippen LogP contribution in [0.3, 0.4) is 0 Å². The topological polar surface area (TPSA) is 111 Å². The first-order valence-electron chi connectivity index (χ1n) is 35.1. The fourth-order valence-electron chi connectivity index (χ4n) is 9.88. The van der Waals surface area contributed by atoms with Crippen molar-refractivity contribution in [1.29, 1.82) is 0 Å². The number of nitrogens with one attached hydrogen (secondary N) is 1. The van der Waals surface area contributed by atoms with Gasteiger partial charge in [0.15, 0.2) is 0 Å². The van der Waals surface area contributed by atoms with Crippen LogP contribution in [0.4, 0.5) is 0 Å². The third kappa shape index (κ3) is 63.4. The van der Waals surface area contributed by atoms with Crippen molar-refractivity contribution in [2.24, 2.45) is 0 Å². The Morgan fingerprint density at radius 2 is 0.762 bits per heavy atom. The van der Waals surface area contributed by atoms with E-state index in [9.17, 15) is 19.0 Å². The van der Waals surface area contributed by atoms with Gasteiger partial charge in [-0.1, -0.05) is 285 Å². The predicted octanol–water partition coefficient (Wildman–Crippen LogP) is 22.3. The molecule has 9 nitrogen and oxygen atoms in total. The third-order valence-electron chi connectivity index (χ3n) is 15.3. The number of allylic oxidation sites excluding steroid dienone is 15. The summed E-state index contributed by atoms with van der Waals surface area (Å²) in [4.78, 5) is 37.9. The molecule has 0 fully saturated rings. The Balaban J connectivity index is 5.12. The van der Waals surface area contributed by atoms with E-state index in [1.165, 1.54) is 167 Å². The maximum atomic E-state index is 13.6. The summed E-state index contributed by atoms with van der Waals surface area (Å²) in [5.74, 6) is -0.515. The first-order chi connectivity index (χ1) is 40.9. The van der Waals surface area contributed by atoms with Gasteiger partial charge in [0, 0.05) is 12.8 Å². The summed E-state index contributed by atoms with van der Waals surface area (Å²) in [6.07, 6.45) is 85.5. The molecule has 3 unspecified atom stereocenters. The minimum atomic E-state index is -4.46. The Labute approximate surface area is 519 Å². The van der Waals surface area contributed by atoms with Crippen molar-refractivity contribution in [3.05, 3.63) is 97.2 Å². The van der Waals surface area contributed by atoms with E-state index in [1.807, 2.05) is 33.3 Å². The minimum Gasteiger partial charge on any atom is -0.456 e. The monoisotopic (exact) mass is 1190 g/mol.